The Morgan fingerprint density at radius 3 is 2.75 bits per heavy atom. The van der Waals surface area contributed by atoms with Crippen LogP contribution in [0, 0.1) is 0 Å². The largest absolute Gasteiger partial charge is 0.496 e. The predicted octanol–water partition coefficient (Wildman–Crippen LogP) is 5.92. The molecule has 0 aliphatic rings. The zero-order chi connectivity index (χ0) is 19.5. The normalized spacial score (nSPS) is 10.8. The minimum atomic E-state index is -0.123. The summed E-state index contributed by atoms with van der Waals surface area (Å²) < 4.78 is 6.49. The van der Waals surface area contributed by atoms with Crippen LogP contribution in [0.1, 0.15) is 5.56 Å². The van der Waals surface area contributed by atoms with Crippen LogP contribution in [-0.2, 0) is 11.2 Å². The molecule has 1 heterocycles. The molecule has 0 radical (unpaired) electrons. The van der Waals surface area contributed by atoms with Gasteiger partial charge in [-0.2, -0.15) is 0 Å². The van der Waals surface area contributed by atoms with Gasteiger partial charge < -0.3 is 10.1 Å². The number of nitrogens with zero attached hydrogens (tertiary/aromatic N) is 1. The van der Waals surface area contributed by atoms with E-state index in [4.69, 9.17) is 4.74 Å². The van der Waals surface area contributed by atoms with E-state index in [1.54, 1.807) is 7.11 Å². The number of hydrogen-bond donors (Lipinski definition) is 1. The molecule has 6 heteroatoms. The highest BCUT2D eigenvalue weighted by Crippen LogP contribution is 2.31. The summed E-state index contributed by atoms with van der Waals surface area (Å²) in [6.07, 6.45) is 0.211. The first-order chi connectivity index (χ1) is 13.6. The Bertz CT molecular complexity index is 1140. The molecule has 0 aliphatic carbocycles. The van der Waals surface area contributed by atoms with Crippen molar-refractivity contribution in [3.8, 4) is 17.0 Å². The molecule has 140 valence electrons. The molecular formula is C22H17BrN2O2S. The highest BCUT2D eigenvalue weighted by Gasteiger charge is 2.15. The fourth-order valence-electron chi connectivity index (χ4n) is 3.12. The second kappa shape index (κ2) is 8.12. The van der Waals surface area contributed by atoms with E-state index in [-0.39, 0.29) is 12.3 Å². The topological polar surface area (TPSA) is 51.2 Å². The third-order valence-electron chi connectivity index (χ3n) is 4.43. The quantitative estimate of drug-likeness (QED) is 0.409. The van der Waals surface area contributed by atoms with E-state index in [1.807, 2.05) is 66.0 Å². The molecule has 4 rings (SSSR count). The molecule has 0 aliphatic heterocycles. The Labute approximate surface area is 175 Å². The van der Waals surface area contributed by atoms with Crippen molar-refractivity contribution in [3.63, 3.8) is 0 Å². The van der Waals surface area contributed by atoms with Crippen LogP contribution in [0.3, 0.4) is 0 Å². The maximum atomic E-state index is 12.7. The van der Waals surface area contributed by atoms with E-state index in [2.05, 4.69) is 26.2 Å². The first kappa shape index (κ1) is 18.7. The van der Waals surface area contributed by atoms with Gasteiger partial charge in [-0.1, -0.05) is 58.4 Å². The minimum Gasteiger partial charge on any atom is -0.496 e. The first-order valence-electron chi connectivity index (χ1n) is 8.70. The number of ether oxygens (including phenoxy) is 1. The summed E-state index contributed by atoms with van der Waals surface area (Å²) in [4.78, 5) is 17.2. The van der Waals surface area contributed by atoms with E-state index in [0.29, 0.717) is 10.9 Å². The highest BCUT2D eigenvalue weighted by molar-refractivity contribution is 9.10. The molecule has 1 aromatic heterocycles. The lowest BCUT2D eigenvalue weighted by Gasteiger charge is -2.12. The van der Waals surface area contributed by atoms with Crippen molar-refractivity contribution < 1.29 is 9.53 Å². The van der Waals surface area contributed by atoms with E-state index in [1.165, 1.54) is 11.3 Å². The van der Waals surface area contributed by atoms with Gasteiger partial charge in [0.2, 0.25) is 5.91 Å². The number of anilines is 1. The SMILES string of the molecule is COc1ccc2cc(Br)ccc2c1CC(=O)Nc1nc(-c2ccccc2)cs1. The van der Waals surface area contributed by atoms with Crippen LogP contribution in [-0.4, -0.2) is 18.0 Å². The molecule has 0 fully saturated rings. The minimum absolute atomic E-state index is 0.123. The van der Waals surface area contributed by atoms with Crippen LogP contribution in [0.4, 0.5) is 5.13 Å². The van der Waals surface area contributed by atoms with Gasteiger partial charge in [-0.05, 0) is 29.0 Å². The molecule has 1 amide bonds. The summed E-state index contributed by atoms with van der Waals surface area (Å²) in [5.41, 5.74) is 2.75. The molecule has 1 N–H and O–H groups in total. The van der Waals surface area contributed by atoms with Crippen LogP contribution in [0.15, 0.2) is 70.5 Å². The summed E-state index contributed by atoms with van der Waals surface area (Å²) in [5, 5.41) is 7.50. The summed E-state index contributed by atoms with van der Waals surface area (Å²) in [7, 11) is 1.62. The number of benzene rings is 3. The molecular weight excluding hydrogens is 436 g/mol. The highest BCUT2D eigenvalue weighted by atomic mass is 79.9. The fraction of sp³-hybridized carbons (Fsp3) is 0.0909. The van der Waals surface area contributed by atoms with Crippen LogP contribution in [0.2, 0.25) is 0 Å². The average molecular weight is 453 g/mol. The summed E-state index contributed by atoms with van der Waals surface area (Å²) >= 11 is 4.91. The molecule has 0 unspecified atom stereocenters. The van der Waals surface area contributed by atoms with Crippen molar-refractivity contribution in [1.29, 1.82) is 0 Å². The zero-order valence-electron chi connectivity index (χ0n) is 15.1. The number of methoxy groups -OCH3 is 1. The van der Waals surface area contributed by atoms with Crippen LogP contribution >= 0.6 is 27.3 Å². The van der Waals surface area contributed by atoms with Crippen molar-refractivity contribution in [2.45, 2.75) is 6.42 Å². The van der Waals surface area contributed by atoms with E-state index >= 15 is 0 Å². The second-order valence-corrected chi connectivity index (χ2v) is 8.01. The number of fused-ring (bicyclic) bond motifs is 1. The average Bonchev–Trinajstić information content (AvgIpc) is 3.17. The Hall–Kier alpha value is -2.70. The van der Waals surface area contributed by atoms with Crippen molar-refractivity contribution >= 4 is 49.1 Å². The lowest BCUT2D eigenvalue weighted by atomic mass is 10.0. The number of aromatic nitrogens is 1. The number of hydrogen-bond acceptors (Lipinski definition) is 4. The number of halogens is 1. The van der Waals surface area contributed by atoms with Crippen molar-refractivity contribution in [2.24, 2.45) is 0 Å². The molecule has 0 saturated heterocycles. The summed E-state index contributed by atoms with van der Waals surface area (Å²) in [6, 6.07) is 19.8. The summed E-state index contributed by atoms with van der Waals surface area (Å²) in [5.74, 6) is 0.580. The monoisotopic (exact) mass is 452 g/mol. The third kappa shape index (κ3) is 3.93. The molecule has 0 saturated carbocycles. The number of amides is 1. The number of carbonyl (C=O) groups excluding carboxylic acids is 1. The number of carbonyl (C=O) groups is 1. The Morgan fingerprint density at radius 1 is 1.14 bits per heavy atom. The van der Waals surface area contributed by atoms with Crippen LogP contribution in [0.25, 0.3) is 22.0 Å². The van der Waals surface area contributed by atoms with E-state index < -0.39 is 0 Å². The fourth-order valence-corrected chi connectivity index (χ4v) is 4.23. The van der Waals surface area contributed by atoms with Crippen LogP contribution < -0.4 is 10.1 Å². The van der Waals surface area contributed by atoms with E-state index in [9.17, 15) is 4.79 Å². The number of thiazole rings is 1. The van der Waals surface area contributed by atoms with Gasteiger partial charge in [0.05, 0.1) is 19.2 Å². The van der Waals surface area contributed by atoms with Gasteiger partial charge in [0.1, 0.15) is 5.75 Å². The van der Waals surface area contributed by atoms with Gasteiger partial charge in [-0.25, -0.2) is 4.98 Å². The number of rotatable bonds is 5. The predicted molar refractivity (Wildman–Crippen MR) is 118 cm³/mol. The zero-order valence-corrected chi connectivity index (χ0v) is 17.5. The Balaban J connectivity index is 1.57. The Morgan fingerprint density at radius 2 is 1.96 bits per heavy atom. The lowest BCUT2D eigenvalue weighted by Crippen LogP contribution is -2.15. The van der Waals surface area contributed by atoms with Crippen molar-refractivity contribution in [2.75, 3.05) is 12.4 Å². The Kier molecular flexibility index (Phi) is 5.41. The van der Waals surface area contributed by atoms with Gasteiger partial charge in [0, 0.05) is 21.0 Å². The van der Waals surface area contributed by atoms with Crippen molar-refractivity contribution in [1.82, 2.24) is 4.98 Å². The van der Waals surface area contributed by atoms with Gasteiger partial charge in [-0.15, -0.1) is 11.3 Å². The van der Waals surface area contributed by atoms with Gasteiger partial charge in [0.15, 0.2) is 5.13 Å². The molecule has 4 nitrogen and oxygen atoms in total. The maximum Gasteiger partial charge on any atom is 0.230 e. The third-order valence-corrected chi connectivity index (χ3v) is 5.68. The molecule has 0 atom stereocenters. The van der Waals surface area contributed by atoms with Gasteiger partial charge in [-0.3, -0.25) is 4.79 Å². The van der Waals surface area contributed by atoms with Gasteiger partial charge >= 0.3 is 0 Å². The molecule has 3 aromatic carbocycles. The molecule has 0 spiro atoms. The van der Waals surface area contributed by atoms with E-state index in [0.717, 1.165) is 32.1 Å². The second-order valence-electron chi connectivity index (χ2n) is 6.24. The molecule has 28 heavy (non-hydrogen) atoms. The summed E-state index contributed by atoms with van der Waals surface area (Å²) in [6.45, 7) is 0. The molecule has 0 bridgehead atoms. The standard InChI is InChI=1S/C22H17BrN2O2S/c1-27-20-10-7-15-11-16(23)8-9-17(15)18(20)12-21(26)25-22-24-19(13-28-22)14-5-3-2-4-6-14/h2-11,13H,12H2,1H3,(H,24,25,26). The van der Waals surface area contributed by atoms with Gasteiger partial charge in [0.25, 0.3) is 0 Å². The number of nitrogens with one attached hydrogen (secondary N) is 1. The first-order valence-corrected chi connectivity index (χ1v) is 10.4. The maximum absolute atomic E-state index is 12.7. The smallest absolute Gasteiger partial charge is 0.230 e. The van der Waals surface area contributed by atoms with Crippen molar-refractivity contribution in [3.05, 3.63) is 76.1 Å². The van der Waals surface area contributed by atoms with Crippen LogP contribution in [0.5, 0.6) is 5.75 Å². The molecule has 4 aromatic rings. The lowest BCUT2D eigenvalue weighted by molar-refractivity contribution is -0.115.